The number of thiazole rings is 1. The molecule has 0 saturated carbocycles. The fourth-order valence-corrected chi connectivity index (χ4v) is 3.69. The highest BCUT2D eigenvalue weighted by molar-refractivity contribution is 7.17. The molecular weight excluding hydrogens is 346 g/mol. The number of hydrogen-bond acceptors (Lipinski definition) is 5. The van der Waals surface area contributed by atoms with E-state index in [1.54, 1.807) is 0 Å². The van der Waals surface area contributed by atoms with Crippen molar-refractivity contribution in [2.45, 2.75) is 26.9 Å². The summed E-state index contributed by atoms with van der Waals surface area (Å²) in [6, 6.07) is 11.9. The topological polar surface area (TPSA) is 58.4 Å². The highest BCUT2D eigenvalue weighted by atomic mass is 32.1. The quantitative estimate of drug-likeness (QED) is 0.713. The van der Waals surface area contributed by atoms with Crippen LogP contribution in [-0.2, 0) is 13.1 Å². The summed E-state index contributed by atoms with van der Waals surface area (Å²) < 4.78 is 5.61. The first-order valence-corrected chi connectivity index (χ1v) is 9.29. The molecule has 0 unspecified atom stereocenters. The minimum absolute atomic E-state index is 0.103. The molecule has 5 nitrogen and oxygen atoms in total. The van der Waals surface area contributed by atoms with Crippen molar-refractivity contribution in [2.75, 3.05) is 14.1 Å². The van der Waals surface area contributed by atoms with Crippen molar-refractivity contribution >= 4 is 17.2 Å². The number of carbonyl (C=O) groups excluding carboxylic acids is 1. The smallest absolute Gasteiger partial charge is 0.263 e. The van der Waals surface area contributed by atoms with Gasteiger partial charge in [0.05, 0.1) is 5.69 Å². The lowest BCUT2D eigenvalue weighted by molar-refractivity contribution is 0.0954. The van der Waals surface area contributed by atoms with E-state index in [-0.39, 0.29) is 5.91 Å². The molecule has 1 amide bonds. The zero-order valence-electron chi connectivity index (χ0n) is 15.5. The summed E-state index contributed by atoms with van der Waals surface area (Å²) >= 11 is 1.36. The average Bonchev–Trinajstić information content (AvgIpc) is 3.19. The SMILES string of the molecule is Cc1ccc(-c2nc(C)c(C(=O)NCc3ccccc3CN(C)C)s2)o1. The van der Waals surface area contributed by atoms with Crippen LogP contribution in [0.1, 0.15) is 32.3 Å². The van der Waals surface area contributed by atoms with Gasteiger partial charge in [-0.1, -0.05) is 24.3 Å². The zero-order valence-corrected chi connectivity index (χ0v) is 16.3. The van der Waals surface area contributed by atoms with Crippen molar-refractivity contribution in [3.8, 4) is 10.8 Å². The molecule has 0 aliphatic heterocycles. The summed E-state index contributed by atoms with van der Waals surface area (Å²) in [6.45, 7) is 5.08. The van der Waals surface area contributed by atoms with Gasteiger partial charge >= 0.3 is 0 Å². The Bertz CT molecular complexity index is 911. The molecule has 2 aromatic heterocycles. The summed E-state index contributed by atoms with van der Waals surface area (Å²) in [4.78, 5) is 19.9. The van der Waals surface area contributed by atoms with Crippen LogP contribution in [0.15, 0.2) is 40.8 Å². The van der Waals surface area contributed by atoms with Crippen molar-refractivity contribution in [1.29, 1.82) is 0 Å². The van der Waals surface area contributed by atoms with Gasteiger partial charge in [0.2, 0.25) is 0 Å². The number of nitrogens with zero attached hydrogens (tertiary/aromatic N) is 2. The molecule has 3 aromatic rings. The second-order valence-corrected chi connectivity index (χ2v) is 7.53. The normalized spacial score (nSPS) is 11.1. The van der Waals surface area contributed by atoms with E-state index in [2.05, 4.69) is 27.3 Å². The van der Waals surface area contributed by atoms with Gasteiger partial charge in [0.1, 0.15) is 10.6 Å². The van der Waals surface area contributed by atoms with E-state index in [1.807, 2.05) is 52.2 Å². The summed E-state index contributed by atoms with van der Waals surface area (Å²) in [5.74, 6) is 1.43. The Hall–Kier alpha value is -2.44. The van der Waals surface area contributed by atoms with Gasteiger partial charge in [-0.2, -0.15) is 0 Å². The predicted molar refractivity (Wildman–Crippen MR) is 104 cm³/mol. The van der Waals surface area contributed by atoms with Gasteiger partial charge in [0.25, 0.3) is 5.91 Å². The van der Waals surface area contributed by atoms with E-state index in [0.29, 0.717) is 17.2 Å². The second-order valence-electron chi connectivity index (χ2n) is 6.53. The molecule has 0 bridgehead atoms. The van der Waals surface area contributed by atoms with Crippen LogP contribution in [0, 0.1) is 13.8 Å². The van der Waals surface area contributed by atoms with Crippen LogP contribution in [-0.4, -0.2) is 29.9 Å². The van der Waals surface area contributed by atoms with Crippen LogP contribution in [0.25, 0.3) is 10.8 Å². The highest BCUT2D eigenvalue weighted by Crippen LogP contribution is 2.29. The van der Waals surface area contributed by atoms with Crippen LogP contribution in [0.4, 0.5) is 0 Å². The number of aryl methyl sites for hydroxylation is 2. The second kappa shape index (κ2) is 7.85. The maximum atomic E-state index is 12.6. The molecule has 0 saturated heterocycles. The molecule has 1 aromatic carbocycles. The van der Waals surface area contributed by atoms with E-state index < -0.39 is 0 Å². The molecule has 0 aliphatic rings. The van der Waals surface area contributed by atoms with Crippen LogP contribution in [0.5, 0.6) is 0 Å². The highest BCUT2D eigenvalue weighted by Gasteiger charge is 2.18. The average molecular weight is 369 g/mol. The van der Waals surface area contributed by atoms with Crippen molar-refractivity contribution in [3.63, 3.8) is 0 Å². The third-order valence-corrected chi connectivity index (χ3v) is 5.17. The zero-order chi connectivity index (χ0) is 18.7. The van der Waals surface area contributed by atoms with Crippen LogP contribution >= 0.6 is 11.3 Å². The first-order chi connectivity index (χ1) is 12.4. The molecule has 0 atom stereocenters. The lowest BCUT2D eigenvalue weighted by atomic mass is 10.1. The fourth-order valence-electron chi connectivity index (χ4n) is 2.74. The van der Waals surface area contributed by atoms with Gasteiger partial charge in [0, 0.05) is 13.1 Å². The number of furan rings is 1. The van der Waals surface area contributed by atoms with Gasteiger partial charge in [-0.15, -0.1) is 11.3 Å². The molecule has 1 N–H and O–H groups in total. The molecule has 6 heteroatoms. The number of rotatable bonds is 6. The van der Waals surface area contributed by atoms with Crippen molar-refractivity contribution in [1.82, 2.24) is 15.2 Å². The number of benzene rings is 1. The Balaban J connectivity index is 1.72. The fraction of sp³-hybridized carbons (Fsp3) is 0.300. The van der Waals surface area contributed by atoms with Gasteiger partial charge in [0.15, 0.2) is 10.8 Å². The Labute approximate surface area is 157 Å². The van der Waals surface area contributed by atoms with Crippen LogP contribution in [0.2, 0.25) is 0 Å². The Morgan fingerprint density at radius 1 is 1.15 bits per heavy atom. The molecule has 26 heavy (non-hydrogen) atoms. The maximum absolute atomic E-state index is 12.6. The summed E-state index contributed by atoms with van der Waals surface area (Å²) in [5, 5.41) is 3.75. The first kappa shape index (κ1) is 18.4. The van der Waals surface area contributed by atoms with Crippen LogP contribution in [0.3, 0.4) is 0 Å². The summed E-state index contributed by atoms with van der Waals surface area (Å²) in [6.07, 6.45) is 0. The lowest BCUT2D eigenvalue weighted by Gasteiger charge is -2.14. The van der Waals surface area contributed by atoms with Crippen molar-refractivity contribution < 1.29 is 9.21 Å². The molecule has 0 aliphatic carbocycles. The van der Waals surface area contributed by atoms with E-state index in [9.17, 15) is 4.79 Å². The number of aromatic nitrogens is 1. The van der Waals surface area contributed by atoms with E-state index in [4.69, 9.17) is 4.42 Å². The standard InChI is InChI=1S/C20H23N3O2S/c1-13-9-10-17(25-13)20-22-14(2)18(26-20)19(24)21-11-15-7-5-6-8-16(15)12-23(3)4/h5-10H,11-12H2,1-4H3,(H,21,24). The largest absolute Gasteiger partial charge is 0.459 e. The van der Waals surface area contributed by atoms with E-state index >= 15 is 0 Å². The van der Waals surface area contributed by atoms with Gasteiger partial charge in [-0.3, -0.25) is 4.79 Å². The molecular formula is C20H23N3O2S. The molecule has 136 valence electrons. The molecule has 0 radical (unpaired) electrons. The van der Waals surface area contributed by atoms with Crippen molar-refractivity contribution in [3.05, 3.63) is 63.9 Å². The summed E-state index contributed by atoms with van der Waals surface area (Å²) in [7, 11) is 4.07. The summed E-state index contributed by atoms with van der Waals surface area (Å²) in [5.41, 5.74) is 3.06. The number of hydrogen-bond donors (Lipinski definition) is 1. The van der Waals surface area contributed by atoms with Gasteiger partial charge in [-0.25, -0.2) is 4.98 Å². The number of nitrogens with one attached hydrogen (secondary N) is 1. The number of carbonyl (C=O) groups is 1. The Morgan fingerprint density at radius 3 is 2.54 bits per heavy atom. The molecule has 2 heterocycles. The third kappa shape index (κ3) is 4.20. The molecule has 3 rings (SSSR count). The van der Waals surface area contributed by atoms with E-state index in [0.717, 1.165) is 28.6 Å². The van der Waals surface area contributed by atoms with Gasteiger partial charge in [-0.05, 0) is 51.2 Å². The monoisotopic (exact) mass is 369 g/mol. The predicted octanol–water partition coefficient (Wildman–Crippen LogP) is 4.01. The molecule has 0 fully saturated rings. The minimum atomic E-state index is -0.103. The third-order valence-electron chi connectivity index (χ3n) is 4.00. The van der Waals surface area contributed by atoms with E-state index in [1.165, 1.54) is 16.9 Å². The molecule has 0 spiro atoms. The lowest BCUT2D eigenvalue weighted by Crippen LogP contribution is -2.24. The van der Waals surface area contributed by atoms with Crippen molar-refractivity contribution in [2.24, 2.45) is 0 Å². The van der Waals surface area contributed by atoms with Gasteiger partial charge < -0.3 is 14.6 Å². The Kier molecular flexibility index (Phi) is 5.54. The number of amides is 1. The van der Waals surface area contributed by atoms with Crippen LogP contribution < -0.4 is 5.32 Å². The maximum Gasteiger partial charge on any atom is 0.263 e. The minimum Gasteiger partial charge on any atom is -0.459 e. The Morgan fingerprint density at radius 2 is 1.88 bits per heavy atom. The first-order valence-electron chi connectivity index (χ1n) is 8.48.